The van der Waals surface area contributed by atoms with Gasteiger partial charge in [0.25, 0.3) is 0 Å². The number of nitrogens with zero attached hydrogens (tertiary/aromatic N) is 4. The Labute approximate surface area is 254 Å². The lowest BCUT2D eigenvalue weighted by atomic mass is 9.83. The van der Waals surface area contributed by atoms with E-state index in [1.54, 1.807) is 4.90 Å². The van der Waals surface area contributed by atoms with Crippen molar-refractivity contribution < 1.29 is 27.6 Å². The lowest BCUT2D eigenvalue weighted by Crippen LogP contribution is -2.39. The summed E-state index contributed by atoms with van der Waals surface area (Å²) in [5.41, 5.74) is -0.0445. The number of alkyl halides is 3. The number of carbonyl (C=O) groups excluding carboxylic acids is 3. The smallest absolute Gasteiger partial charge is 0.378 e. The number of hydrogen-bond acceptors (Lipinski definition) is 7. The minimum absolute atomic E-state index is 0.202. The molecule has 3 atom stereocenters. The summed E-state index contributed by atoms with van der Waals surface area (Å²) in [6.07, 6.45) is -1.97. The van der Waals surface area contributed by atoms with E-state index in [0.717, 1.165) is 60.2 Å². The molecule has 3 aliphatic rings. The number of anilines is 2. The number of amides is 3. The second-order valence-electron chi connectivity index (χ2n) is 11.1. The largest absolute Gasteiger partial charge is 0.418 e. The highest BCUT2D eigenvalue weighted by molar-refractivity contribution is 8.00. The summed E-state index contributed by atoms with van der Waals surface area (Å²) in [6.45, 7) is 1.02. The molecule has 4 heterocycles. The molecule has 0 aliphatic carbocycles. The van der Waals surface area contributed by atoms with Gasteiger partial charge in [-0.25, -0.2) is 4.90 Å². The van der Waals surface area contributed by atoms with E-state index < -0.39 is 46.3 Å². The van der Waals surface area contributed by atoms with Gasteiger partial charge in [-0.3, -0.25) is 23.7 Å². The van der Waals surface area contributed by atoms with Gasteiger partial charge in [0.1, 0.15) is 11.8 Å². The Morgan fingerprint density at radius 1 is 0.953 bits per heavy atom. The summed E-state index contributed by atoms with van der Waals surface area (Å²) >= 11 is 1.91. The number of piperidine rings is 1. The molecule has 3 aromatic rings. The van der Waals surface area contributed by atoms with Gasteiger partial charge in [0.2, 0.25) is 17.7 Å². The maximum Gasteiger partial charge on any atom is 0.418 e. The number of likely N-dealkylation sites (tertiary alicyclic amines) is 1. The Morgan fingerprint density at radius 2 is 1.63 bits per heavy atom. The van der Waals surface area contributed by atoms with E-state index in [0.29, 0.717) is 33.5 Å². The zero-order valence-corrected chi connectivity index (χ0v) is 25.1. The fraction of sp³-hybridized carbons (Fsp3) is 0.400. The summed E-state index contributed by atoms with van der Waals surface area (Å²) in [5.74, 6) is -3.53. The van der Waals surface area contributed by atoms with Crippen LogP contribution in [0.2, 0.25) is 0 Å². The number of carbonyl (C=O) groups is 3. The summed E-state index contributed by atoms with van der Waals surface area (Å²) in [7, 11) is 3.75. The molecule has 13 heteroatoms. The molecule has 3 aliphatic heterocycles. The molecule has 2 fully saturated rings. The first kappa shape index (κ1) is 29.5. The third kappa shape index (κ3) is 5.16. The average molecular weight is 631 g/mol. The highest BCUT2D eigenvalue weighted by Crippen LogP contribution is 2.54. The van der Waals surface area contributed by atoms with Crippen LogP contribution in [0.5, 0.6) is 0 Å². The lowest BCUT2D eigenvalue weighted by molar-refractivity contribution is -0.137. The molecule has 2 saturated heterocycles. The molecule has 6 rings (SSSR count). The van der Waals surface area contributed by atoms with Crippen molar-refractivity contribution in [2.75, 3.05) is 37.0 Å². The van der Waals surface area contributed by atoms with Crippen LogP contribution in [0.3, 0.4) is 0 Å². The second kappa shape index (κ2) is 11.2. The molecule has 0 spiro atoms. The minimum atomic E-state index is -4.78. The highest BCUT2D eigenvalue weighted by atomic mass is 32.2. The van der Waals surface area contributed by atoms with Crippen molar-refractivity contribution in [3.8, 4) is 0 Å². The average Bonchev–Trinajstić information content (AvgIpc) is 3.43. The number of hydrogen-bond donors (Lipinski definition) is 0. The summed E-state index contributed by atoms with van der Waals surface area (Å²) in [6, 6.07) is 11.9. The molecule has 2 aromatic carbocycles. The first-order valence-corrected chi connectivity index (χ1v) is 15.7. The quantitative estimate of drug-likeness (QED) is 0.377. The van der Waals surface area contributed by atoms with Crippen LogP contribution >= 0.6 is 23.1 Å². The molecule has 8 nitrogen and oxygen atoms in total. The fourth-order valence-corrected chi connectivity index (χ4v) is 8.89. The predicted octanol–water partition coefficient (Wildman–Crippen LogP) is 4.80. The summed E-state index contributed by atoms with van der Waals surface area (Å²) in [4.78, 5) is 58.9. The van der Waals surface area contributed by atoms with Crippen molar-refractivity contribution in [2.24, 2.45) is 5.92 Å². The maximum absolute atomic E-state index is 14.0. The number of rotatable bonds is 5. The Kier molecular flexibility index (Phi) is 7.66. The van der Waals surface area contributed by atoms with Crippen LogP contribution in [0.4, 0.5) is 24.5 Å². The van der Waals surface area contributed by atoms with Crippen LogP contribution < -0.4 is 14.7 Å². The van der Waals surface area contributed by atoms with Gasteiger partial charge in [0.05, 0.1) is 22.2 Å². The van der Waals surface area contributed by atoms with E-state index >= 15 is 0 Å². The zero-order valence-electron chi connectivity index (χ0n) is 23.5. The molecule has 0 radical (unpaired) electrons. The van der Waals surface area contributed by atoms with Gasteiger partial charge in [-0.15, -0.1) is 0 Å². The summed E-state index contributed by atoms with van der Waals surface area (Å²) in [5, 5.41) is -0.666. The van der Waals surface area contributed by atoms with Crippen LogP contribution in [0.1, 0.15) is 41.2 Å². The number of para-hydroxylation sites is 1. The van der Waals surface area contributed by atoms with Gasteiger partial charge in [-0.2, -0.15) is 13.2 Å². The third-order valence-corrected chi connectivity index (χ3v) is 10.9. The van der Waals surface area contributed by atoms with Crippen molar-refractivity contribution in [3.05, 3.63) is 74.2 Å². The van der Waals surface area contributed by atoms with Crippen LogP contribution in [0.25, 0.3) is 0 Å². The number of benzene rings is 2. The van der Waals surface area contributed by atoms with E-state index in [2.05, 4.69) is 0 Å². The third-order valence-electron chi connectivity index (χ3n) is 8.27. The van der Waals surface area contributed by atoms with Gasteiger partial charge in [0.15, 0.2) is 0 Å². The lowest BCUT2D eigenvalue weighted by Gasteiger charge is -2.31. The van der Waals surface area contributed by atoms with Crippen molar-refractivity contribution in [1.29, 1.82) is 0 Å². The molecule has 3 amide bonds. The summed E-state index contributed by atoms with van der Waals surface area (Å²) < 4.78 is 43.3. The Balaban J connectivity index is 1.46. The SMILES string of the molecule is CN(C)c1ccc([C@H]2c3sc(=O)n(CC(=O)N4CCCCC4)c3SC3C(=O)N(c4ccccc4C(F)(F)F)C(=O)C32)cc1. The van der Waals surface area contributed by atoms with Crippen LogP contribution in [0, 0.1) is 5.92 Å². The Bertz CT molecular complexity index is 1640. The van der Waals surface area contributed by atoms with Crippen molar-refractivity contribution in [2.45, 2.75) is 48.2 Å². The first-order chi connectivity index (χ1) is 20.5. The van der Waals surface area contributed by atoms with Crippen LogP contribution in [-0.2, 0) is 27.1 Å². The Hall–Kier alpha value is -3.58. The monoisotopic (exact) mass is 630 g/mol. The molecular formula is C30H29F3N4O4S2. The maximum atomic E-state index is 14.0. The van der Waals surface area contributed by atoms with E-state index in [4.69, 9.17) is 0 Å². The number of thioether (sulfide) groups is 1. The fourth-order valence-electron chi connectivity index (χ4n) is 6.12. The van der Waals surface area contributed by atoms with Crippen molar-refractivity contribution in [3.63, 3.8) is 0 Å². The second-order valence-corrected chi connectivity index (χ2v) is 13.2. The topological polar surface area (TPSA) is 82.9 Å². The number of thiazole rings is 1. The first-order valence-electron chi connectivity index (χ1n) is 14.0. The molecule has 43 heavy (non-hydrogen) atoms. The number of imide groups is 1. The van der Waals surface area contributed by atoms with Gasteiger partial charge < -0.3 is 9.80 Å². The van der Waals surface area contributed by atoms with Gasteiger partial charge in [-0.1, -0.05) is 47.4 Å². The normalized spacial score (nSPS) is 22.0. The van der Waals surface area contributed by atoms with E-state index in [1.165, 1.54) is 16.7 Å². The van der Waals surface area contributed by atoms with Crippen molar-refractivity contribution >= 4 is 52.2 Å². The highest BCUT2D eigenvalue weighted by Gasteiger charge is 2.57. The number of fused-ring (bicyclic) bond motifs is 2. The van der Waals surface area contributed by atoms with E-state index in [9.17, 15) is 32.3 Å². The van der Waals surface area contributed by atoms with Gasteiger partial charge >= 0.3 is 11.0 Å². The van der Waals surface area contributed by atoms with Crippen LogP contribution in [0.15, 0.2) is 58.4 Å². The molecular weight excluding hydrogens is 601 g/mol. The van der Waals surface area contributed by atoms with E-state index in [-0.39, 0.29) is 17.3 Å². The standard InChI is InChI=1S/C30H29F3N4O4S2/c1-34(2)18-12-10-17(11-13-18)22-23-24(27(40)37(26(23)39)20-9-5-4-8-19(20)30(31,32)33)42-28-25(22)43-29(41)36(28)16-21(38)35-14-6-3-7-15-35/h4-5,8-13,22-24H,3,6-7,14-16H2,1-2H3/t22-,23?,24?/m1/s1. The number of halogens is 3. The predicted molar refractivity (Wildman–Crippen MR) is 159 cm³/mol. The molecule has 0 saturated carbocycles. The molecule has 2 unspecified atom stereocenters. The zero-order chi connectivity index (χ0) is 30.6. The van der Waals surface area contributed by atoms with Gasteiger partial charge in [-0.05, 0) is 49.1 Å². The Morgan fingerprint density at radius 3 is 2.28 bits per heavy atom. The number of aromatic nitrogens is 1. The van der Waals surface area contributed by atoms with E-state index in [1.807, 2.05) is 43.3 Å². The molecule has 0 bridgehead atoms. The molecule has 0 N–H and O–H groups in total. The minimum Gasteiger partial charge on any atom is -0.378 e. The van der Waals surface area contributed by atoms with Crippen molar-refractivity contribution in [1.82, 2.24) is 9.47 Å². The molecule has 226 valence electrons. The van der Waals surface area contributed by atoms with Crippen LogP contribution in [-0.4, -0.2) is 59.6 Å². The van der Waals surface area contributed by atoms with Gasteiger partial charge in [0, 0.05) is 43.7 Å². The molecule has 1 aromatic heterocycles.